The van der Waals surface area contributed by atoms with E-state index in [-0.39, 0.29) is 0 Å². The van der Waals surface area contributed by atoms with Crippen molar-refractivity contribution in [2.45, 2.75) is 110 Å². The number of nitrogens with zero attached hydrogens (tertiary/aromatic N) is 2. The lowest BCUT2D eigenvalue weighted by Gasteiger charge is -2.07. The van der Waals surface area contributed by atoms with Crippen LogP contribution in [-0.4, -0.2) is 4.57 Å². The highest BCUT2D eigenvalue weighted by Crippen LogP contribution is 2.16. The number of rotatable bonds is 14. The first kappa shape index (κ1) is 19.3. The Morgan fingerprint density at radius 2 is 1.41 bits per heavy atom. The largest absolute Gasteiger partial charge is 0.243 e. The van der Waals surface area contributed by atoms with Crippen LogP contribution in [0.5, 0.6) is 0 Å². The van der Waals surface area contributed by atoms with E-state index in [1.165, 1.54) is 83.6 Å². The van der Waals surface area contributed by atoms with Gasteiger partial charge >= 0.3 is 0 Å². The van der Waals surface area contributed by atoms with Gasteiger partial charge in [0.25, 0.3) is 0 Å². The highest BCUT2D eigenvalue weighted by molar-refractivity contribution is 4.72. The molecule has 0 fully saturated rings. The lowest BCUT2D eigenvalue weighted by Crippen LogP contribution is -2.31. The Balaban J connectivity index is 2.11. The number of aromatic nitrogens is 2. The first-order valence-corrected chi connectivity index (χ1v) is 9.84. The van der Waals surface area contributed by atoms with Gasteiger partial charge < -0.3 is 0 Å². The first-order chi connectivity index (χ1) is 10.8. The van der Waals surface area contributed by atoms with Crippen molar-refractivity contribution in [3.63, 3.8) is 0 Å². The molecule has 0 saturated heterocycles. The van der Waals surface area contributed by atoms with Gasteiger partial charge in [-0.2, -0.15) is 0 Å². The molecular weight excluding hydrogens is 268 g/mol. The zero-order valence-corrected chi connectivity index (χ0v) is 15.4. The molecule has 1 atom stereocenters. The molecule has 2 nitrogen and oxygen atoms in total. The fourth-order valence-electron chi connectivity index (χ4n) is 3.07. The smallest absolute Gasteiger partial charge is 0.237 e. The SMILES string of the molecule is CCCCCCCCCC(C)n1cc[n+](CCCCCC)c1. The molecule has 0 bridgehead atoms. The van der Waals surface area contributed by atoms with Crippen molar-refractivity contribution in [1.29, 1.82) is 0 Å². The Morgan fingerprint density at radius 1 is 0.818 bits per heavy atom. The van der Waals surface area contributed by atoms with E-state index < -0.39 is 0 Å². The summed E-state index contributed by atoms with van der Waals surface area (Å²) in [5.41, 5.74) is 0. The molecule has 0 N–H and O–H groups in total. The molecule has 1 aromatic rings. The molecule has 0 saturated carbocycles. The van der Waals surface area contributed by atoms with E-state index in [2.05, 4.69) is 48.6 Å². The number of imidazole rings is 1. The molecule has 1 heterocycles. The maximum absolute atomic E-state index is 2.40. The average molecular weight is 308 g/mol. The molecule has 1 unspecified atom stereocenters. The van der Waals surface area contributed by atoms with Gasteiger partial charge in [-0.25, -0.2) is 9.13 Å². The molecule has 1 aromatic heterocycles. The monoisotopic (exact) mass is 307 g/mol. The lowest BCUT2D eigenvalue weighted by atomic mass is 10.1. The van der Waals surface area contributed by atoms with Crippen LogP contribution in [0.4, 0.5) is 0 Å². The van der Waals surface area contributed by atoms with Crippen LogP contribution in [0.2, 0.25) is 0 Å². The Bertz CT molecular complexity index is 356. The highest BCUT2D eigenvalue weighted by Gasteiger charge is 2.11. The molecule has 0 aliphatic rings. The summed E-state index contributed by atoms with van der Waals surface area (Å²) in [5.74, 6) is 0. The van der Waals surface area contributed by atoms with Gasteiger partial charge in [-0.15, -0.1) is 0 Å². The maximum Gasteiger partial charge on any atom is 0.243 e. The molecule has 0 aromatic carbocycles. The van der Waals surface area contributed by atoms with Crippen molar-refractivity contribution in [3.05, 3.63) is 18.7 Å². The summed E-state index contributed by atoms with van der Waals surface area (Å²) < 4.78 is 4.76. The normalized spacial score (nSPS) is 12.7. The third-order valence-electron chi connectivity index (χ3n) is 4.72. The van der Waals surface area contributed by atoms with Gasteiger partial charge in [-0.1, -0.05) is 65.2 Å². The molecule has 2 heteroatoms. The van der Waals surface area contributed by atoms with E-state index in [0.29, 0.717) is 6.04 Å². The molecule has 0 amide bonds. The second-order valence-corrected chi connectivity index (χ2v) is 6.92. The Labute approximate surface area is 138 Å². The van der Waals surface area contributed by atoms with Gasteiger partial charge in [0.05, 0.1) is 12.6 Å². The van der Waals surface area contributed by atoms with E-state index in [4.69, 9.17) is 0 Å². The molecular formula is C20H39N2+. The van der Waals surface area contributed by atoms with Crippen molar-refractivity contribution in [3.8, 4) is 0 Å². The standard InChI is InChI=1S/C20H39N2/c1-4-6-8-10-11-12-13-15-20(3)22-18-17-21(19-22)16-14-9-7-5-2/h17-20H,4-16H2,1-3H3/q+1. The fourth-order valence-corrected chi connectivity index (χ4v) is 3.07. The molecule has 1 rings (SSSR count). The van der Waals surface area contributed by atoms with Gasteiger partial charge in [-0.3, -0.25) is 0 Å². The molecule has 0 aliphatic carbocycles. The molecule has 0 radical (unpaired) electrons. The van der Waals surface area contributed by atoms with E-state index in [9.17, 15) is 0 Å². The molecule has 22 heavy (non-hydrogen) atoms. The zero-order chi connectivity index (χ0) is 16.0. The van der Waals surface area contributed by atoms with Crippen molar-refractivity contribution < 1.29 is 4.57 Å². The summed E-state index contributed by atoms with van der Waals surface area (Å²) in [6.45, 7) is 8.10. The van der Waals surface area contributed by atoms with Crippen molar-refractivity contribution in [2.24, 2.45) is 0 Å². The summed E-state index contributed by atoms with van der Waals surface area (Å²) in [6, 6.07) is 0.646. The third-order valence-corrected chi connectivity index (χ3v) is 4.72. The summed E-state index contributed by atoms with van der Waals surface area (Å²) in [5, 5.41) is 0. The molecule has 0 aliphatic heterocycles. The number of hydrogen-bond acceptors (Lipinski definition) is 0. The van der Waals surface area contributed by atoms with Crippen LogP contribution in [0.15, 0.2) is 18.7 Å². The topological polar surface area (TPSA) is 8.81 Å². The van der Waals surface area contributed by atoms with Gasteiger partial charge in [0.2, 0.25) is 6.33 Å². The zero-order valence-electron chi connectivity index (χ0n) is 15.4. The highest BCUT2D eigenvalue weighted by atomic mass is 15.1. The van der Waals surface area contributed by atoms with Gasteiger partial charge in [-0.05, 0) is 32.6 Å². The van der Waals surface area contributed by atoms with E-state index in [1.54, 1.807) is 0 Å². The first-order valence-electron chi connectivity index (χ1n) is 9.84. The van der Waals surface area contributed by atoms with Crippen LogP contribution in [0.25, 0.3) is 0 Å². The lowest BCUT2D eigenvalue weighted by molar-refractivity contribution is -0.697. The van der Waals surface area contributed by atoms with E-state index >= 15 is 0 Å². The minimum absolute atomic E-state index is 0.646. The summed E-state index contributed by atoms with van der Waals surface area (Å²) in [7, 11) is 0. The van der Waals surface area contributed by atoms with Crippen LogP contribution in [0, 0.1) is 0 Å². The molecule has 128 valence electrons. The van der Waals surface area contributed by atoms with Gasteiger partial charge in [0.1, 0.15) is 12.4 Å². The van der Waals surface area contributed by atoms with Gasteiger partial charge in [0.15, 0.2) is 0 Å². The van der Waals surface area contributed by atoms with Gasteiger partial charge in [0, 0.05) is 0 Å². The number of hydrogen-bond donors (Lipinski definition) is 0. The predicted molar refractivity (Wildman–Crippen MR) is 96.1 cm³/mol. The summed E-state index contributed by atoms with van der Waals surface area (Å²) in [6.07, 6.45) is 23.3. The van der Waals surface area contributed by atoms with E-state index in [0.717, 1.165) is 0 Å². The second-order valence-electron chi connectivity index (χ2n) is 6.92. The minimum Gasteiger partial charge on any atom is -0.237 e. The summed E-state index contributed by atoms with van der Waals surface area (Å²) in [4.78, 5) is 0. The predicted octanol–water partition coefficient (Wildman–Crippen LogP) is 6.06. The Hall–Kier alpha value is -0.790. The quantitative estimate of drug-likeness (QED) is 0.292. The Kier molecular flexibility index (Phi) is 11.1. The maximum atomic E-state index is 2.40. The third kappa shape index (κ3) is 8.60. The fraction of sp³-hybridized carbons (Fsp3) is 0.850. The minimum atomic E-state index is 0.646. The van der Waals surface area contributed by atoms with Crippen LogP contribution in [0.1, 0.15) is 104 Å². The van der Waals surface area contributed by atoms with Crippen LogP contribution in [0.3, 0.4) is 0 Å². The van der Waals surface area contributed by atoms with Crippen LogP contribution < -0.4 is 4.57 Å². The van der Waals surface area contributed by atoms with Crippen molar-refractivity contribution in [1.82, 2.24) is 4.57 Å². The molecule has 0 spiro atoms. The van der Waals surface area contributed by atoms with E-state index in [1.807, 2.05) is 0 Å². The van der Waals surface area contributed by atoms with Crippen LogP contribution in [-0.2, 0) is 6.54 Å². The van der Waals surface area contributed by atoms with Crippen molar-refractivity contribution in [2.75, 3.05) is 0 Å². The average Bonchev–Trinajstić information content (AvgIpc) is 2.99. The van der Waals surface area contributed by atoms with Crippen LogP contribution >= 0.6 is 0 Å². The Morgan fingerprint density at radius 3 is 2.09 bits per heavy atom. The van der Waals surface area contributed by atoms with Crippen molar-refractivity contribution >= 4 is 0 Å². The summed E-state index contributed by atoms with van der Waals surface area (Å²) >= 11 is 0. The number of aryl methyl sites for hydroxylation is 1. The second kappa shape index (κ2) is 12.7. The number of unbranched alkanes of at least 4 members (excludes halogenated alkanes) is 9.